The molecule has 5 nitrogen and oxygen atoms in total. The summed E-state index contributed by atoms with van der Waals surface area (Å²) in [5.41, 5.74) is 2.29. The molecule has 0 saturated carbocycles. The molecule has 1 heterocycles. The largest absolute Gasteiger partial charge is 0.354 e. The molecule has 3 N–H and O–H groups in total. The summed E-state index contributed by atoms with van der Waals surface area (Å²) in [4.78, 5) is 9.40. The number of nitrogens with two attached hydrogens (primary N) is 1. The Kier molecular flexibility index (Phi) is 3.79. The Labute approximate surface area is 88.5 Å². The number of nitrogen functional groups attached to an aromatic ring is 1. The third kappa shape index (κ3) is 2.53. The Morgan fingerprint density at radius 1 is 1.67 bits per heavy atom. The maximum Gasteiger partial charge on any atom is 0.239 e. The Bertz CT molecular complexity index is 330. The number of hydrazine groups is 1. The molecule has 1 aromatic heterocycles. The molecule has 0 radical (unpaired) electrons. The Morgan fingerprint density at radius 3 is 2.87 bits per heavy atom. The SMILES string of the molecule is CCC(C)N(C)c1nc(NN)ncc1F. The van der Waals surface area contributed by atoms with Gasteiger partial charge in [0.25, 0.3) is 0 Å². The van der Waals surface area contributed by atoms with Crippen molar-refractivity contribution in [3.8, 4) is 0 Å². The summed E-state index contributed by atoms with van der Waals surface area (Å²) < 4.78 is 13.4. The standard InChI is InChI=1S/C9H16FN5/c1-4-6(2)15(3)8-7(10)5-12-9(13-8)14-11/h5-6H,4,11H2,1-3H3,(H,12,13,14). The number of anilines is 2. The summed E-state index contributed by atoms with van der Waals surface area (Å²) >= 11 is 0. The van der Waals surface area contributed by atoms with E-state index in [9.17, 15) is 4.39 Å². The summed E-state index contributed by atoms with van der Waals surface area (Å²) in [5, 5.41) is 0. The molecular formula is C9H16FN5. The van der Waals surface area contributed by atoms with Crippen molar-refractivity contribution in [1.82, 2.24) is 9.97 Å². The maximum absolute atomic E-state index is 13.4. The van der Waals surface area contributed by atoms with Crippen molar-refractivity contribution in [2.45, 2.75) is 26.3 Å². The molecule has 1 rings (SSSR count). The van der Waals surface area contributed by atoms with E-state index in [-0.39, 0.29) is 17.8 Å². The van der Waals surface area contributed by atoms with Crippen molar-refractivity contribution in [3.63, 3.8) is 0 Å². The van der Waals surface area contributed by atoms with Crippen LogP contribution in [0.15, 0.2) is 6.20 Å². The summed E-state index contributed by atoms with van der Waals surface area (Å²) in [6.07, 6.45) is 2.02. The first-order valence-corrected chi connectivity index (χ1v) is 4.82. The van der Waals surface area contributed by atoms with Gasteiger partial charge in [-0.05, 0) is 13.3 Å². The van der Waals surface area contributed by atoms with Crippen molar-refractivity contribution in [2.24, 2.45) is 5.84 Å². The molecule has 0 aromatic carbocycles. The number of halogens is 1. The van der Waals surface area contributed by atoms with Crippen LogP contribution in [0.2, 0.25) is 0 Å². The van der Waals surface area contributed by atoms with Crippen LogP contribution in [0, 0.1) is 5.82 Å². The second kappa shape index (κ2) is 4.88. The smallest absolute Gasteiger partial charge is 0.239 e. The molecule has 0 saturated heterocycles. The monoisotopic (exact) mass is 213 g/mol. The van der Waals surface area contributed by atoms with Crippen LogP contribution in [0.1, 0.15) is 20.3 Å². The van der Waals surface area contributed by atoms with E-state index in [1.165, 1.54) is 0 Å². The average molecular weight is 213 g/mol. The van der Waals surface area contributed by atoms with Gasteiger partial charge in [0.05, 0.1) is 6.20 Å². The van der Waals surface area contributed by atoms with Gasteiger partial charge in [-0.1, -0.05) is 6.92 Å². The number of aromatic nitrogens is 2. The molecule has 1 aromatic rings. The van der Waals surface area contributed by atoms with Crippen LogP contribution in [0.5, 0.6) is 0 Å². The molecule has 1 unspecified atom stereocenters. The first kappa shape index (κ1) is 11.6. The molecule has 6 heteroatoms. The van der Waals surface area contributed by atoms with E-state index in [2.05, 4.69) is 15.4 Å². The van der Waals surface area contributed by atoms with Crippen LogP contribution in [0.3, 0.4) is 0 Å². The van der Waals surface area contributed by atoms with Gasteiger partial charge in [0.1, 0.15) is 0 Å². The number of nitrogens with zero attached hydrogens (tertiary/aromatic N) is 3. The molecule has 0 aliphatic heterocycles. The van der Waals surface area contributed by atoms with Gasteiger partial charge in [0.15, 0.2) is 11.6 Å². The molecule has 0 spiro atoms. The Morgan fingerprint density at radius 2 is 2.33 bits per heavy atom. The lowest BCUT2D eigenvalue weighted by molar-refractivity contribution is 0.584. The van der Waals surface area contributed by atoms with E-state index in [0.29, 0.717) is 0 Å². The van der Waals surface area contributed by atoms with Crippen molar-refractivity contribution < 1.29 is 4.39 Å². The molecule has 0 fully saturated rings. The molecule has 0 bridgehead atoms. The fourth-order valence-corrected chi connectivity index (χ4v) is 1.16. The second-order valence-electron chi connectivity index (χ2n) is 3.38. The van der Waals surface area contributed by atoms with Gasteiger partial charge in [0.2, 0.25) is 5.95 Å². The van der Waals surface area contributed by atoms with Crippen LogP contribution in [-0.4, -0.2) is 23.1 Å². The van der Waals surface area contributed by atoms with E-state index in [4.69, 9.17) is 5.84 Å². The van der Waals surface area contributed by atoms with Crippen LogP contribution in [0.4, 0.5) is 16.2 Å². The normalized spacial score (nSPS) is 12.3. The first-order chi connectivity index (χ1) is 7.10. The van der Waals surface area contributed by atoms with E-state index in [1.807, 2.05) is 13.8 Å². The second-order valence-corrected chi connectivity index (χ2v) is 3.38. The highest BCUT2D eigenvalue weighted by molar-refractivity contribution is 5.43. The van der Waals surface area contributed by atoms with Gasteiger partial charge in [-0.15, -0.1) is 0 Å². The number of hydrogen-bond donors (Lipinski definition) is 2. The first-order valence-electron chi connectivity index (χ1n) is 4.82. The number of rotatable bonds is 4. The summed E-state index contributed by atoms with van der Waals surface area (Å²) in [5.74, 6) is 5.18. The van der Waals surface area contributed by atoms with E-state index < -0.39 is 5.82 Å². The third-order valence-electron chi connectivity index (χ3n) is 2.44. The molecule has 0 aliphatic carbocycles. The van der Waals surface area contributed by atoms with Crippen LogP contribution in [-0.2, 0) is 0 Å². The van der Waals surface area contributed by atoms with Gasteiger partial charge >= 0.3 is 0 Å². The fourth-order valence-electron chi connectivity index (χ4n) is 1.16. The van der Waals surface area contributed by atoms with Crippen molar-refractivity contribution in [1.29, 1.82) is 0 Å². The molecule has 0 amide bonds. The lowest BCUT2D eigenvalue weighted by Crippen LogP contribution is -2.30. The van der Waals surface area contributed by atoms with Crippen molar-refractivity contribution in [2.75, 3.05) is 17.4 Å². The zero-order valence-electron chi connectivity index (χ0n) is 9.16. The zero-order valence-corrected chi connectivity index (χ0v) is 9.16. The highest BCUT2D eigenvalue weighted by Crippen LogP contribution is 2.18. The van der Waals surface area contributed by atoms with Gasteiger partial charge in [0, 0.05) is 13.1 Å². The predicted octanol–water partition coefficient (Wildman–Crippen LogP) is 1.14. The van der Waals surface area contributed by atoms with Crippen molar-refractivity contribution >= 4 is 11.8 Å². The fraction of sp³-hybridized carbons (Fsp3) is 0.556. The minimum absolute atomic E-state index is 0.208. The Hall–Kier alpha value is -1.43. The zero-order chi connectivity index (χ0) is 11.4. The minimum atomic E-state index is -0.447. The number of nitrogens with one attached hydrogen (secondary N) is 1. The third-order valence-corrected chi connectivity index (χ3v) is 2.44. The van der Waals surface area contributed by atoms with Gasteiger partial charge in [-0.2, -0.15) is 4.98 Å². The lowest BCUT2D eigenvalue weighted by Gasteiger charge is -2.25. The topological polar surface area (TPSA) is 67.1 Å². The van der Waals surface area contributed by atoms with E-state index in [1.54, 1.807) is 11.9 Å². The summed E-state index contributed by atoms with van der Waals surface area (Å²) in [6.45, 7) is 4.03. The summed E-state index contributed by atoms with van der Waals surface area (Å²) in [7, 11) is 1.79. The molecule has 15 heavy (non-hydrogen) atoms. The van der Waals surface area contributed by atoms with Gasteiger partial charge in [-0.25, -0.2) is 15.2 Å². The number of hydrogen-bond acceptors (Lipinski definition) is 5. The quantitative estimate of drug-likeness (QED) is 0.580. The highest BCUT2D eigenvalue weighted by Gasteiger charge is 2.15. The maximum atomic E-state index is 13.4. The summed E-state index contributed by atoms with van der Waals surface area (Å²) in [6, 6.07) is 0.208. The van der Waals surface area contributed by atoms with Gasteiger partial charge < -0.3 is 4.90 Å². The predicted molar refractivity (Wildman–Crippen MR) is 58.0 cm³/mol. The van der Waals surface area contributed by atoms with E-state index in [0.717, 1.165) is 12.6 Å². The van der Waals surface area contributed by atoms with E-state index >= 15 is 0 Å². The van der Waals surface area contributed by atoms with Crippen LogP contribution < -0.4 is 16.2 Å². The molecular weight excluding hydrogens is 197 g/mol. The van der Waals surface area contributed by atoms with Gasteiger partial charge in [-0.3, -0.25) is 5.43 Å². The lowest BCUT2D eigenvalue weighted by atomic mass is 10.2. The molecule has 84 valence electrons. The Balaban J connectivity index is 3.01. The average Bonchev–Trinajstić information content (AvgIpc) is 2.27. The van der Waals surface area contributed by atoms with Crippen molar-refractivity contribution in [3.05, 3.63) is 12.0 Å². The minimum Gasteiger partial charge on any atom is -0.354 e. The highest BCUT2D eigenvalue weighted by atomic mass is 19.1. The molecule has 1 atom stereocenters. The van der Waals surface area contributed by atoms with Crippen LogP contribution in [0.25, 0.3) is 0 Å². The molecule has 0 aliphatic rings. The van der Waals surface area contributed by atoms with Crippen LogP contribution >= 0.6 is 0 Å².